The van der Waals surface area contributed by atoms with E-state index in [0.717, 1.165) is 10.9 Å². The standard InChI is InChI=1S/C22H21N3O2S/c1-16(2)11-12-25-15-17(21-5-3-4-6-22(21)25)13-20(14-23)28(26,27)19-9-7-18(24)8-10-19/h3-11,13,15H,12,24H2,1-2H3/b20-13+. The van der Waals surface area contributed by atoms with E-state index >= 15 is 0 Å². The Balaban J connectivity index is 2.13. The molecular weight excluding hydrogens is 370 g/mol. The lowest BCUT2D eigenvalue weighted by Gasteiger charge is -2.03. The van der Waals surface area contributed by atoms with Crippen LogP contribution in [0.3, 0.4) is 0 Å². The number of nitrogens with two attached hydrogens (primary N) is 1. The summed E-state index contributed by atoms with van der Waals surface area (Å²) in [5, 5.41) is 10.4. The van der Waals surface area contributed by atoms with Crippen LogP contribution in [0.15, 0.2) is 76.2 Å². The molecule has 0 fully saturated rings. The SMILES string of the molecule is CC(C)=CCn1cc(/C=C(\C#N)S(=O)(=O)c2ccc(N)cc2)c2ccccc21. The van der Waals surface area contributed by atoms with Gasteiger partial charge in [-0.1, -0.05) is 29.8 Å². The van der Waals surface area contributed by atoms with Gasteiger partial charge in [0.15, 0.2) is 0 Å². The Hall–Kier alpha value is -3.30. The van der Waals surface area contributed by atoms with Gasteiger partial charge < -0.3 is 10.3 Å². The summed E-state index contributed by atoms with van der Waals surface area (Å²) in [5.74, 6) is 0. The summed E-state index contributed by atoms with van der Waals surface area (Å²) in [5.41, 5.74) is 8.96. The molecule has 0 spiro atoms. The van der Waals surface area contributed by atoms with Crippen LogP contribution in [0, 0.1) is 11.3 Å². The van der Waals surface area contributed by atoms with Crippen molar-refractivity contribution >= 4 is 32.5 Å². The molecule has 0 aliphatic heterocycles. The molecule has 0 aliphatic rings. The average Bonchev–Trinajstić information content (AvgIpc) is 3.02. The summed E-state index contributed by atoms with van der Waals surface area (Å²) in [6, 6.07) is 15.4. The number of nitrogen functional groups attached to an aromatic ring is 1. The number of allylic oxidation sites excluding steroid dienone is 3. The molecular formula is C22H21N3O2S. The summed E-state index contributed by atoms with van der Waals surface area (Å²) in [6.07, 6.45) is 5.41. The molecule has 142 valence electrons. The molecule has 0 saturated heterocycles. The van der Waals surface area contributed by atoms with Crippen molar-refractivity contribution < 1.29 is 8.42 Å². The first-order valence-corrected chi connectivity index (χ1v) is 10.2. The number of rotatable bonds is 5. The van der Waals surface area contributed by atoms with E-state index in [2.05, 4.69) is 6.08 Å². The third-order valence-corrected chi connectivity index (χ3v) is 6.07. The fourth-order valence-corrected chi connectivity index (χ4v) is 4.06. The van der Waals surface area contributed by atoms with Crippen molar-refractivity contribution in [2.24, 2.45) is 0 Å². The van der Waals surface area contributed by atoms with E-state index in [0.29, 0.717) is 17.8 Å². The maximum Gasteiger partial charge on any atom is 0.216 e. The second-order valence-electron chi connectivity index (χ2n) is 6.73. The van der Waals surface area contributed by atoms with Gasteiger partial charge in [-0.2, -0.15) is 5.26 Å². The van der Waals surface area contributed by atoms with Crippen LogP contribution < -0.4 is 5.73 Å². The third kappa shape index (κ3) is 3.85. The molecule has 28 heavy (non-hydrogen) atoms. The molecule has 2 aromatic carbocycles. The second kappa shape index (κ2) is 7.75. The van der Waals surface area contributed by atoms with Crippen LogP contribution in [-0.4, -0.2) is 13.0 Å². The van der Waals surface area contributed by atoms with E-state index in [1.54, 1.807) is 0 Å². The molecule has 1 aromatic heterocycles. The van der Waals surface area contributed by atoms with Gasteiger partial charge in [0, 0.05) is 34.9 Å². The number of nitrogens with zero attached hydrogens (tertiary/aromatic N) is 2. The zero-order valence-corrected chi connectivity index (χ0v) is 16.6. The number of fused-ring (bicyclic) bond motifs is 1. The summed E-state index contributed by atoms with van der Waals surface area (Å²) >= 11 is 0. The van der Waals surface area contributed by atoms with Crippen LogP contribution in [0.5, 0.6) is 0 Å². The predicted molar refractivity (Wildman–Crippen MR) is 113 cm³/mol. The van der Waals surface area contributed by atoms with Gasteiger partial charge in [0.2, 0.25) is 9.84 Å². The molecule has 3 rings (SSSR count). The van der Waals surface area contributed by atoms with Gasteiger partial charge in [0.05, 0.1) is 4.90 Å². The lowest BCUT2D eigenvalue weighted by atomic mass is 10.1. The molecule has 0 bridgehead atoms. The number of aromatic nitrogens is 1. The number of nitriles is 1. The summed E-state index contributed by atoms with van der Waals surface area (Å²) < 4.78 is 27.8. The predicted octanol–water partition coefficient (Wildman–Crippen LogP) is 4.53. The second-order valence-corrected chi connectivity index (χ2v) is 8.65. The van der Waals surface area contributed by atoms with Crippen molar-refractivity contribution in [3.05, 3.63) is 76.8 Å². The maximum absolute atomic E-state index is 12.9. The van der Waals surface area contributed by atoms with Crippen LogP contribution in [0.4, 0.5) is 5.69 Å². The van der Waals surface area contributed by atoms with E-state index in [9.17, 15) is 13.7 Å². The number of para-hydroxylation sites is 1. The van der Waals surface area contributed by atoms with E-state index in [1.165, 1.54) is 35.9 Å². The highest BCUT2D eigenvalue weighted by atomic mass is 32.2. The van der Waals surface area contributed by atoms with Gasteiger partial charge in [-0.3, -0.25) is 0 Å². The normalized spacial score (nSPS) is 12.0. The number of hydrogen-bond acceptors (Lipinski definition) is 4. The molecule has 0 amide bonds. The minimum atomic E-state index is -3.93. The highest BCUT2D eigenvalue weighted by Crippen LogP contribution is 2.27. The topological polar surface area (TPSA) is 88.9 Å². The Kier molecular flexibility index (Phi) is 5.39. The van der Waals surface area contributed by atoms with Crippen LogP contribution in [0.2, 0.25) is 0 Å². The van der Waals surface area contributed by atoms with Gasteiger partial charge in [0.25, 0.3) is 0 Å². The van der Waals surface area contributed by atoms with E-state index in [1.807, 2.05) is 54.9 Å². The highest BCUT2D eigenvalue weighted by Gasteiger charge is 2.21. The van der Waals surface area contributed by atoms with Crippen molar-refractivity contribution in [3.8, 4) is 6.07 Å². The first-order valence-electron chi connectivity index (χ1n) is 8.76. The van der Waals surface area contributed by atoms with Crippen molar-refractivity contribution in [3.63, 3.8) is 0 Å². The van der Waals surface area contributed by atoms with Crippen molar-refractivity contribution in [1.29, 1.82) is 5.26 Å². The Labute approximate surface area is 164 Å². The summed E-state index contributed by atoms with van der Waals surface area (Å²) in [7, 11) is -3.93. The molecule has 0 unspecified atom stereocenters. The fourth-order valence-electron chi connectivity index (χ4n) is 2.91. The van der Waals surface area contributed by atoms with Gasteiger partial charge in [-0.05, 0) is 50.3 Å². The molecule has 0 saturated carbocycles. The Morgan fingerprint density at radius 3 is 2.46 bits per heavy atom. The Morgan fingerprint density at radius 2 is 1.82 bits per heavy atom. The van der Waals surface area contributed by atoms with Crippen molar-refractivity contribution in [1.82, 2.24) is 4.57 Å². The van der Waals surface area contributed by atoms with Gasteiger partial charge in [-0.25, -0.2) is 8.42 Å². The third-order valence-electron chi connectivity index (χ3n) is 4.39. The van der Waals surface area contributed by atoms with Crippen molar-refractivity contribution in [2.45, 2.75) is 25.3 Å². The smallest absolute Gasteiger partial charge is 0.216 e. The lowest BCUT2D eigenvalue weighted by molar-refractivity contribution is 0.603. The molecule has 0 aliphatic carbocycles. The van der Waals surface area contributed by atoms with Gasteiger partial charge in [-0.15, -0.1) is 0 Å². The van der Waals surface area contributed by atoms with Crippen LogP contribution in [-0.2, 0) is 16.4 Å². The first kappa shape index (κ1) is 19.5. The largest absolute Gasteiger partial charge is 0.399 e. The van der Waals surface area contributed by atoms with Crippen LogP contribution in [0.25, 0.3) is 17.0 Å². The van der Waals surface area contributed by atoms with Gasteiger partial charge >= 0.3 is 0 Å². The van der Waals surface area contributed by atoms with Crippen LogP contribution >= 0.6 is 0 Å². The molecule has 2 N–H and O–H groups in total. The zero-order valence-electron chi connectivity index (χ0n) is 15.8. The number of hydrogen-bond donors (Lipinski definition) is 1. The minimum Gasteiger partial charge on any atom is -0.399 e. The average molecular weight is 391 g/mol. The Bertz CT molecular complexity index is 1220. The quantitative estimate of drug-likeness (QED) is 0.393. The van der Waals surface area contributed by atoms with E-state index < -0.39 is 9.84 Å². The first-order chi connectivity index (χ1) is 13.3. The molecule has 5 nitrogen and oxygen atoms in total. The van der Waals surface area contributed by atoms with E-state index in [4.69, 9.17) is 5.73 Å². The number of anilines is 1. The molecule has 0 radical (unpaired) electrons. The maximum atomic E-state index is 12.9. The fraction of sp³-hybridized carbons (Fsp3) is 0.136. The lowest BCUT2D eigenvalue weighted by Crippen LogP contribution is -2.03. The Morgan fingerprint density at radius 1 is 1.14 bits per heavy atom. The van der Waals surface area contributed by atoms with Crippen molar-refractivity contribution in [2.75, 3.05) is 5.73 Å². The molecule has 0 atom stereocenters. The molecule has 6 heteroatoms. The van der Waals surface area contributed by atoms with Crippen LogP contribution in [0.1, 0.15) is 19.4 Å². The monoisotopic (exact) mass is 391 g/mol. The molecule has 1 heterocycles. The number of benzene rings is 2. The minimum absolute atomic E-state index is 0.0442. The summed E-state index contributed by atoms with van der Waals surface area (Å²) in [6.45, 7) is 4.72. The van der Waals surface area contributed by atoms with E-state index in [-0.39, 0.29) is 9.80 Å². The number of sulfone groups is 1. The summed E-state index contributed by atoms with van der Waals surface area (Å²) in [4.78, 5) is -0.259. The van der Waals surface area contributed by atoms with Gasteiger partial charge in [0.1, 0.15) is 11.0 Å². The molecule has 3 aromatic rings. The zero-order chi connectivity index (χ0) is 20.3. The highest BCUT2D eigenvalue weighted by molar-refractivity contribution is 7.95.